The van der Waals surface area contributed by atoms with E-state index in [0.717, 1.165) is 39.0 Å². The number of para-hydroxylation sites is 3. The van der Waals surface area contributed by atoms with Crippen LogP contribution in [0.2, 0.25) is 0 Å². The van der Waals surface area contributed by atoms with Crippen molar-refractivity contribution in [1.29, 1.82) is 0 Å². The third kappa shape index (κ3) is 3.94. The van der Waals surface area contributed by atoms with E-state index < -0.39 is 5.41 Å². The summed E-state index contributed by atoms with van der Waals surface area (Å²) in [5, 5.41) is 9.82. The summed E-state index contributed by atoms with van der Waals surface area (Å²) in [6, 6.07) is 73.7. The van der Waals surface area contributed by atoms with Gasteiger partial charge in [0, 0.05) is 22.1 Å². The molecule has 1 spiro atoms. The largest absolute Gasteiger partial charge is 0.454 e. The Kier molecular flexibility index (Phi) is 6.13. The van der Waals surface area contributed by atoms with Gasteiger partial charge in [-0.1, -0.05) is 164 Å². The number of fused-ring (bicyclic) bond motifs is 20. The topological polar surface area (TPSA) is 16.4 Å². The van der Waals surface area contributed by atoms with Gasteiger partial charge in [-0.2, -0.15) is 0 Å². The molecule has 0 saturated heterocycles. The van der Waals surface area contributed by atoms with Crippen molar-refractivity contribution in [2.24, 2.45) is 0 Å². The summed E-state index contributed by atoms with van der Waals surface area (Å²) in [5.74, 6) is 0. The lowest BCUT2D eigenvalue weighted by Crippen LogP contribution is -2.26. The Morgan fingerprint density at radius 1 is 0.368 bits per heavy atom. The van der Waals surface area contributed by atoms with E-state index in [-0.39, 0.29) is 0 Å². The molecule has 0 radical (unpaired) electrons. The van der Waals surface area contributed by atoms with Crippen molar-refractivity contribution in [3.63, 3.8) is 0 Å². The molecule has 0 fully saturated rings. The third-order valence-electron chi connectivity index (χ3n) is 12.8. The zero-order valence-electron chi connectivity index (χ0n) is 30.9. The summed E-state index contributed by atoms with van der Waals surface area (Å²) >= 11 is 0. The Labute approximate surface area is 329 Å². The molecule has 1 aromatic heterocycles. The van der Waals surface area contributed by atoms with Gasteiger partial charge < -0.3 is 9.32 Å². The second-order valence-electron chi connectivity index (χ2n) is 15.5. The average Bonchev–Trinajstić information content (AvgIpc) is 3.92. The lowest BCUT2D eigenvalue weighted by Gasteiger charge is -2.32. The fraction of sp³-hybridized carbons (Fsp3) is 0.0182. The lowest BCUT2D eigenvalue weighted by atomic mass is 9.69. The zero-order chi connectivity index (χ0) is 37.2. The quantitative estimate of drug-likeness (QED) is 0.169. The highest BCUT2D eigenvalue weighted by molar-refractivity contribution is 6.23. The molecule has 13 rings (SSSR count). The lowest BCUT2D eigenvalue weighted by molar-refractivity contribution is 0.669. The summed E-state index contributed by atoms with van der Waals surface area (Å²) in [6.07, 6.45) is 0. The Hall–Kier alpha value is -7.42. The van der Waals surface area contributed by atoms with Crippen molar-refractivity contribution in [3.8, 4) is 22.3 Å². The predicted octanol–water partition coefficient (Wildman–Crippen LogP) is 14.9. The summed E-state index contributed by atoms with van der Waals surface area (Å²) in [4.78, 5) is 2.37. The monoisotopic (exact) mass is 723 g/mol. The van der Waals surface area contributed by atoms with Crippen molar-refractivity contribution < 1.29 is 4.42 Å². The minimum atomic E-state index is -0.495. The number of benzene rings is 10. The van der Waals surface area contributed by atoms with E-state index in [0.29, 0.717) is 0 Å². The molecule has 0 bridgehead atoms. The molecule has 0 N–H and O–H groups in total. The minimum absolute atomic E-state index is 0.495. The highest BCUT2D eigenvalue weighted by Crippen LogP contribution is 2.66. The molecule has 0 amide bonds. The molecule has 57 heavy (non-hydrogen) atoms. The number of anilines is 3. The number of furan rings is 1. The minimum Gasteiger partial charge on any atom is -0.454 e. The van der Waals surface area contributed by atoms with Gasteiger partial charge >= 0.3 is 0 Å². The van der Waals surface area contributed by atoms with E-state index in [1.54, 1.807) is 0 Å². The van der Waals surface area contributed by atoms with Crippen LogP contribution in [0, 0.1) is 0 Å². The molecule has 0 aliphatic heterocycles. The maximum absolute atomic E-state index is 6.68. The first-order chi connectivity index (χ1) is 28.3. The smallest absolute Gasteiger partial charge is 0.159 e. The van der Waals surface area contributed by atoms with E-state index in [2.05, 4.69) is 199 Å². The van der Waals surface area contributed by atoms with Crippen LogP contribution in [0.1, 0.15) is 22.3 Å². The molecule has 2 heteroatoms. The van der Waals surface area contributed by atoms with Gasteiger partial charge in [-0.05, 0) is 113 Å². The molecule has 2 aliphatic carbocycles. The molecule has 1 heterocycles. The number of hydrogen-bond acceptors (Lipinski definition) is 2. The Bertz CT molecular complexity index is 3440. The first-order valence-electron chi connectivity index (χ1n) is 19.8. The highest BCUT2D eigenvalue weighted by atomic mass is 16.3. The summed E-state index contributed by atoms with van der Waals surface area (Å²) < 4.78 is 6.68. The second-order valence-corrected chi connectivity index (χ2v) is 15.5. The maximum atomic E-state index is 6.68. The van der Waals surface area contributed by atoms with Gasteiger partial charge in [0.15, 0.2) is 5.58 Å². The van der Waals surface area contributed by atoms with E-state index in [9.17, 15) is 0 Å². The predicted molar refractivity (Wildman–Crippen MR) is 237 cm³/mol. The van der Waals surface area contributed by atoms with E-state index in [1.165, 1.54) is 76.8 Å². The Balaban J connectivity index is 1.18. The highest BCUT2D eigenvalue weighted by Gasteiger charge is 2.53. The van der Waals surface area contributed by atoms with Crippen LogP contribution in [0.15, 0.2) is 205 Å². The molecule has 10 aromatic carbocycles. The van der Waals surface area contributed by atoms with Gasteiger partial charge in [0.1, 0.15) is 5.58 Å². The Morgan fingerprint density at radius 3 is 1.82 bits per heavy atom. The summed E-state index contributed by atoms with van der Waals surface area (Å²) in [7, 11) is 0. The van der Waals surface area contributed by atoms with Crippen LogP contribution in [-0.4, -0.2) is 0 Å². The standard InChI is InChI=1S/C55H33NO/c1-2-16-35(17-3-1)56(49-27-14-24-44-41-22-10-13-28-50(41)57-54(44)49)36-30-31-43-45(33-36)38-19-6-7-23-42(38)52-51-37-18-5-4-15-34(37)29-32-48(51)55(53(43)52)46-25-11-8-20-39(46)40-21-9-12-26-47(40)55/h1-33H. The van der Waals surface area contributed by atoms with Gasteiger partial charge in [0.25, 0.3) is 0 Å². The SMILES string of the molecule is c1ccc(N(c2ccc3c4c(c5ccccc5c3c2)-c2c(ccc3ccccc23)C42c3ccccc3-c3ccccc32)c2cccc3c2oc2ccccc23)cc1. The van der Waals surface area contributed by atoms with Gasteiger partial charge in [0.2, 0.25) is 0 Å². The molecule has 11 aromatic rings. The van der Waals surface area contributed by atoms with Crippen LogP contribution < -0.4 is 4.90 Å². The molecule has 0 unspecified atom stereocenters. The van der Waals surface area contributed by atoms with Crippen molar-refractivity contribution >= 4 is 71.3 Å². The van der Waals surface area contributed by atoms with Crippen LogP contribution in [0.4, 0.5) is 17.1 Å². The van der Waals surface area contributed by atoms with E-state index in [1.807, 2.05) is 6.07 Å². The maximum Gasteiger partial charge on any atom is 0.159 e. The van der Waals surface area contributed by atoms with Crippen molar-refractivity contribution in [2.45, 2.75) is 5.41 Å². The second kappa shape index (κ2) is 11.3. The number of rotatable bonds is 3. The number of hydrogen-bond donors (Lipinski definition) is 0. The van der Waals surface area contributed by atoms with Crippen LogP contribution in [0.3, 0.4) is 0 Å². The normalized spacial score (nSPS) is 13.4. The van der Waals surface area contributed by atoms with Crippen molar-refractivity contribution in [1.82, 2.24) is 0 Å². The average molecular weight is 724 g/mol. The van der Waals surface area contributed by atoms with Crippen molar-refractivity contribution in [3.05, 3.63) is 222 Å². The van der Waals surface area contributed by atoms with Gasteiger partial charge in [0.05, 0.1) is 11.1 Å². The third-order valence-corrected chi connectivity index (χ3v) is 12.8. The van der Waals surface area contributed by atoms with Crippen LogP contribution >= 0.6 is 0 Å². The number of nitrogens with zero attached hydrogens (tertiary/aromatic N) is 1. The Morgan fingerprint density at radius 2 is 1.02 bits per heavy atom. The van der Waals surface area contributed by atoms with E-state index in [4.69, 9.17) is 4.42 Å². The molecule has 2 nitrogen and oxygen atoms in total. The molecule has 0 saturated carbocycles. The first kappa shape index (κ1) is 30.9. The molecule has 264 valence electrons. The van der Waals surface area contributed by atoms with Gasteiger partial charge in [-0.3, -0.25) is 0 Å². The van der Waals surface area contributed by atoms with E-state index >= 15 is 0 Å². The van der Waals surface area contributed by atoms with Crippen molar-refractivity contribution in [2.75, 3.05) is 4.90 Å². The molecule has 2 aliphatic rings. The van der Waals surface area contributed by atoms with Crippen LogP contribution in [0.5, 0.6) is 0 Å². The summed E-state index contributed by atoms with van der Waals surface area (Å²) in [6.45, 7) is 0. The molecular weight excluding hydrogens is 691 g/mol. The summed E-state index contributed by atoms with van der Waals surface area (Å²) in [5.41, 5.74) is 15.2. The van der Waals surface area contributed by atoms with Crippen LogP contribution in [-0.2, 0) is 5.41 Å². The first-order valence-corrected chi connectivity index (χ1v) is 19.8. The van der Waals surface area contributed by atoms with Crippen LogP contribution in [0.25, 0.3) is 76.5 Å². The fourth-order valence-corrected chi connectivity index (χ4v) is 10.7. The van der Waals surface area contributed by atoms with Gasteiger partial charge in [-0.25, -0.2) is 0 Å². The molecule has 0 atom stereocenters. The zero-order valence-corrected chi connectivity index (χ0v) is 30.9. The fourth-order valence-electron chi connectivity index (χ4n) is 10.7. The van der Waals surface area contributed by atoms with Gasteiger partial charge in [-0.15, -0.1) is 0 Å². The molecular formula is C55H33NO.